The van der Waals surface area contributed by atoms with Gasteiger partial charge in [-0.1, -0.05) is 20.8 Å². The van der Waals surface area contributed by atoms with E-state index in [2.05, 4.69) is 26.1 Å². The van der Waals surface area contributed by atoms with Crippen molar-refractivity contribution < 1.29 is 9.53 Å². The topological polar surface area (TPSA) is 64.4 Å². The van der Waals surface area contributed by atoms with Crippen molar-refractivity contribution >= 4 is 5.91 Å². The Labute approximate surface area is 123 Å². The average molecular weight is 284 g/mol. The van der Waals surface area contributed by atoms with Crippen molar-refractivity contribution in [1.29, 1.82) is 0 Å². The van der Waals surface area contributed by atoms with Crippen LogP contribution in [-0.4, -0.2) is 31.7 Å². The summed E-state index contributed by atoms with van der Waals surface area (Å²) in [5.41, 5.74) is 5.89. The Hall–Kier alpha value is -0.610. The molecular formula is C16H32N2O2. The normalized spacial score (nSPS) is 21.5. The van der Waals surface area contributed by atoms with E-state index in [1.54, 1.807) is 0 Å². The van der Waals surface area contributed by atoms with Gasteiger partial charge in [-0.15, -0.1) is 0 Å². The molecule has 1 aliphatic rings. The Morgan fingerprint density at radius 1 is 1.35 bits per heavy atom. The molecule has 0 radical (unpaired) electrons. The standard InChI is InChI=1S/C16H32N2O2/c1-16(2,3)13(9-10-17)7-8-15(19)18-12-14-6-4-5-11-20-14/h13-14H,4-12,17H2,1-3H3,(H,18,19). The fraction of sp³-hybridized carbons (Fsp3) is 0.938. The van der Waals surface area contributed by atoms with Crippen molar-refractivity contribution in [1.82, 2.24) is 5.32 Å². The summed E-state index contributed by atoms with van der Waals surface area (Å²) in [6, 6.07) is 0. The molecule has 0 aromatic rings. The number of rotatable bonds is 7. The Balaban J connectivity index is 2.23. The Morgan fingerprint density at radius 2 is 2.10 bits per heavy atom. The first-order valence-electron chi connectivity index (χ1n) is 8.02. The highest BCUT2D eigenvalue weighted by Gasteiger charge is 2.24. The van der Waals surface area contributed by atoms with Gasteiger partial charge in [-0.25, -0.2) is 0 Å². The van der Waals surface area contributed by atoms with Gasteiger partial charge in [0.15, 0.2) is 0 Å². The van der Waals surface area contributed by atoms with Crippen molar-refractivity contribution in [3.05, 3.63) is 0 Å². The first kappa shape index (κ1) is 17.4. The second kappa shape index (κ2) is 8.63. The van der Waals surface area contributed by atoms with Crippen LogP contribution < -0.4 is 11.1 Å². The molecule has 2 atom stereocenters. The Kier molecular flexibility index (Phi) is 7.52. The average Bonchev–Trinajstić information content (AvgIpc) is 2.41. The summed E-state index contributed by atoms with van der Waals surface area (Å²) in [5.74, 6) is 0.648. The van der Waals surface area contributed by atoms with E-state index in [4.69, 9.17) is 10.5 Å². The highest BCUT2D eigenvalue weighted by atomic mass is 16.5. The third-order valence-electron chi connectivity index (χ3n) is 4.26. The van der Waals surface area contributed by atoms with Crippen LogP contribution in [0.4, 0.5) is 0 Å². The van der Waals surface area contributed by atoms with Gasteiger partial charge in [-0.2, -0.15) is 0 Å². The largest absolute Gasteiger partial charge is 0.376 e. The second-order valence-corrected chi connectivity index (χ2v) is 6.97. The zero-order chi connectivity index (χ0) is 15.0. The molecule has 0 aliphatic carbocycles. The number of nitrogens with one attached hydrogen (secondary N) is 1. The molecular weight excluding hydrogens is 252 g/mol. The van der Waals surface area contributed by atoms with Crippen LogP contribution in [0.2, 0.25) is 0 Å². The van der Waals surface area contributed by atoms with Gasteiger partial charge < -0.3 is 15.8 Å². The molecule has 4 heteroatoms. The van der Waals surface area contributed by atoms with Gasteiger partial charge in [0, 0.05) is 19.6 Å². The van der Waals surface area contributed by atoms with Crippen LogP contribution in [0.3, 0.4) is 0 Å². The quantitative estimate of drug-likeness (QED) is 0.755. The molecule has 20 heavy (non-hydrogen) atoms. The zero-order valence-corrected chi connectivity index (χ0v) is 13.4. The molecule has 1 fully saturated rings. The molecule has 4 nitrogen and oxygen atoms in total. The lowest BCUT2D eigenvalue weighted by molar-refractivity contribution is -0.122. The van der Waals surface area contributed by atoms with Gasteiger partial charge in [0.25, 0.3) is 0 Å². The molecule has 1 saturated heterocycles. The monoisotopic (exact) mass is 284 g/mol. The maximum Gasteiger partial charge on any atom is 0.220 e. The van der Waals surface area contributed by atoms with E-state index in [-0.39, 0.29) is 17.4 Å². The molecule has 0 aromatic heterocycles. The van der Waals surface area contributed by atoms with E-state index >= 15 is 0 Å². The van der Waals surface area contributed by atoms with Crippen LogP contribution in [0.5, 0.6) is 0 Å². The molecule has 118 valence electrons. The van der Waals surface area contributed by atoms with Crippen molar-refractivity contribution in [2.75, 3.05) is 19.7 Å². The number of ether oxygens (including phenoxy) is 1. The first-order chi connectivity index (χ1) is 9.43. The van der Waals surface area contributed by atoms with Crippen molar-refractivity contribution in [2.24, 2.45) is 17.1 Å². The van der Waals surface area contributed by atoms with Crippen LogP contribution in [0, 0.1) is 11.3 Å². The summed E-state index contributed by atoms with van der Waals surface area (Å²) in [6.07, 6.45) is 6.14. The summed E-state index contributed by atoms with van der Waals surface area (Å²) < 4.78 is 5.62. The van der Waals surface area contributed by atoms with Crippen LogP contribution in [0.15, 0.2) is 0 Å². The maximum atomic E-state index is 11.9. The summed E-state index contributed by atoms with van der Waals surface area (Å²) >= 11 is 0. The lowest BCUT2D eigenvalue weighted by atomic mass is 9.76. The highest BCUT2D eigenvalue weighted by molar-refractivity contribution is 5.75. The Bertz CT molecular complexity index is 281. The van der Waals surface area contributed by atoms with E-state index in [0.29, 0.717) is 25.4 Å². The van der Waals surface area contributed by atoms with Crippen LogP contribution in [0.25, 0.3) is 0 Å². The second-order valence-electron chi connectivity index (χ2n) is 6.97. The fourth-order valence-corrected chi connectivity index (χ4v) is 2.80. The first-order valence-corrected chi connectivity index (χ1v) is 8.02. The molecule has 0 spiro atoms. The number of hydrogen-bond donors (Lipinski definition) is 2. The van der Waals surface area contributed by atoms with Crippen LogP contribution >= 0.6 is 0 Å². The lowest BCUT2D eigenvalue weighted by Crippen LogP contribution is -2.36. The molecule has 1 aliphatic heterocycles. The van der Waals surface area contributed by atoms with E-state index in [1.807, 2.05) is 0 Å². The minimum absolute atomic E-state index is 0.144. The summed E-state index contributed by atoms with van der Waals surface area (Å²) in [6.45, 7) is 8.86. The SMILES string of the molecule is CC(C)(C)C(CCN)CCC(=O)NCC1CCCCO1. The van der Waals surface area contributed by atoms with Gasteiger partial charge in [-0.05, 0) is 50.0 Å². The molecule has 0 saturated carbocycles. The number of hydrogen-bond acceptors (Lipinski definition) is 3. The van der Waals surface area contributed by atoms with Crippen molar-refractivity contribution in [3.8, 4) is 0 Å². The van der Waals surface area contributed by atoms with Gasteiger partial charge in [0.1, 0.15) is 0 Å². The molecule has 0 aromatic carbocycles. The highest BCUT2D eigenvalue weighted by Crippen LogP contribution is 2.31. The van der Waals surface area contributed by atoms with Crippen LogP contribution in [-0.2, 0) is 9.53 Å². The number of carbonyl (C=O) groups excluding carboxylic acids is 1. The van der Waals surface area contributed by atoms with E-state index in [9.17, 15) is 4.79 Å². The van der Waals surface area contributed by atoms with Crippen molar-refractivity contribution in [3.63, 3.8) is 0 Å². The molecule has 1 amide bonds. The van der Waals surface area contributed by atoms with E-state index in [1.165, 1.54) is 6.42 Å². The predicted octanol–water partition coefficient (Wildman–Crippen LogP) is 2.46. The minimum atomic E-state index is 0.144. The predicted molar refractivity (Wildman–Crippen MR) is 82.5 cm³/mol. The molecule has 0 bridgehead atoms. The third-order valence-corrected chi connectivity index (χ3v) is 4.26. The molecule has 1 rings (SSSR count). The van der Waals surface area contributed by atoms with Gasteiger partial charge in [0.2, 0.25) is 5.91 Å². The summed E-state index contributed by atoms with van der Waals surface area (Å²) in [4.78, 5) is 11.9. The summed E-state index contributed by atoms with van der Waals surface area (Å²) in [7, 11) is 0. The number of amides is 1. The van der Waals surface area contributed by atoms with Crippen molar-refractivity contribution in [2.45, 2.75) is 65.4 Å². The summed E-state index contributed by atoms with van der Waals surface area (Å²) in [5, 5.41) is 3.01. The van der Waals surface area contributed by atoms with Gasteiger partial charge >= 0.3 is 0 Å². The lowest BCUT2D eigenvalue weighted by Gasteiger charge is -2.30. The fourth-order valence-electron chi connectivity index (χ4n) is 2.80. The Morgan fingerprint density at radius 3 is 2.65 bits per heavy atom. The van der Waals surface area contributed by atoms with E-state index in [0.717, 1.165) is 32.3 Å². The van der Waals surface area contributed by atoms with Gasteiger partial charge in [-0.3, -0.25) is 4.79 Å². The minimum Gasteiger partial charge on any atom is -0.376 e. The maximum absolute atomic E-state index is 11.9. The zero-order valence-electron chi connectivity index (χ0n) is 13.4. The van der Waals surface area contributed by atoms with E-state index < -0.39 is 0 Å². The van der Waals surface area contributed by atoms with Gasteiger partial charge in [0.05, 0.1) is 6.10 Å². The molecule has 1 heterocycles. The third kappa shape index (κ3) is 6.71. The molecule has 3 N–H and O–H groups in total. The smallest absolute Gasteiger partial charge is 0.220 e. The molecule has 2 unspecified atom stereocenters. The number of nitrogens with two attached hydrogens (primary N) is 1. The number of carbonyl (C=O) groups is 1. The van der Waals surface area contributed by atoms with Crippen LogP contribution in [0.1, 0.15) is 59.3 Å².